The van der Waals surface area contributed by atoms with Crippen LogP contribution in [0.5, 0.6) is 0 Å². The first-order valence-corrected chi connectivity index (χ1v) is 6.55. The van der Waals surface area contributed by atoms with Crippen molar-refractivity contribution >= 4 is 11.8 Å². The molecule has 2 heterocycles. The van der Waals surface area contributed by atoms with Crippen LogP contribution in [0.4, 0.5) is 11.8 Å². The number of hydrogen-bond donors (Lipinski definition) is 2. The van der Waals surface area contributed by atoms with Crippen LogP contribution in [0.15, 0.2) is 12.3 Å². The Morgan fingerprint density at radius 2 is 2.06 bits per heavy atom. The first-order valence-electron chi connectivity index (χ1n) is 6.55. The number of anilines is 2. The molecule has 0 atom stereocenters. The molecule has 1 aliphatic rings. The second-order valence-corrected chi connectivity index (χ2v) is 4.59. The summed E-state index contributed by atoms with van der Waals surface area (Å²) in [5.41, 5.74) is 3.33. The van der Waals surface area contributed by atoms with Gasteiger partial charge in [0.05, 0.1) is 0 Å². The van der Waals surface area contributed by atoms with Gasteiger partial charge in [-0.05, 0) is 13.5 Å². The van der Waals surface area contributed by atoms with Crippen LogP contribution in [0, 0.1) is 0 Å². The van der Waals surface area contributed by atoms with Crippen LogP contribution in [0.2, 0.25) is 0 Å². The molecule has 2 rings (SSSR count). The highest BCUT2D eigenvalue weighted by Crippen LogP contribution is 2.08. The van der Waals surface area contributed by atoms with Crippen LogP contribution in [-0.2, 0) is 0 Å². The Balaban J connectivity index is 1.88. The van der Waals surface area contributed by atoms with Gasteiger partial charge in [-0.25, -0.2) is 9.99 Å². The van der Waals surface area contributed by atoms with E-state index in [0.717, 1.165) is 45.0 Å². The first kappa shape index (κ1) is 13.0. The highest BCUT2D eigenvalue weighted by atomic mass is 15.5. The Kier molecular flexibility index (Phi) is 4.72. The van der Waals surface area contributed by atoms with Gasteiger partial charge in [0.15, 0.2) is 0 Å². The average Bonchev–Trinajstić information content (AvgIpc) is 2.40. The molecule has 1 aromatic heterocycles. The third-order valence-electron chi connectivity index (χ3n) is 2.96. The fourth-order valence-corrected chi connectivity index (χ4v) is 1.82. The molecule has 1 fully saturated rings. The number of likely N-dealkylation sites (N-methyl/N-ethyl adjacent to an activating group) is 1. The standard InChI is InChI=1S/C12H22N6/c1-3-5-13-12-14-6-4-11(15-12)16-18-9-7-17(2)8-10-18/h4,6H,3,5,7-10H2,1-2H3,(H2,13,14,15,16). The zero-order chi connectivity index (χ0) is 12.8. The Morgan fingerprint density at radius 3 is 2.78 bits per heavy atom. The van der Waals surface area contributed by atoms with E-state index in [2.05, 4.69) is 44.6 Å². The van der Waals surface area contributed by atoms with Crippen LogP contribution in [0.1, 0.15) is 13.3 Å². The van der Waals surface area contributed by atoms with E-state index in [1.54, 1.807) is 6.20 Å². The maximum atomic E-state index is 4.43. The van der Waals surface area contributed by atoms with Crippen LogP contribution >= 0.6 is 0 Å². The molecule has 1 saturated heterocycles. The van der Waals surface area contributed by atoms with E-state index in [4.69, 9.17) is 0 Å². The summed E-state index contributed by atoms with van der Waals surface area (Å²) in [6.45, 7) is 7.21. The maximum absolute atomic E-state index is 4.43. The summed E-state index contributed by atoms with van der Waals surface area (Å²) in [5, 5.41) is 5.39. The maximum Gasteiger partial charge on any atom is 0.224 e. The van der Waals surface area contributed by atoms with Crippen LogP contribution < -0.4 is 10.7 Å². The lowest BCUT2D eigenvalue weighted by Crippen LogP contribution is -2.47. The van der Waals surface area contributed by atoms with Gasteiger partial charge in [-0.2, -0.15) is 4.98 Å². The highest BCUT2D eigenvalue weighted by Gasteiger charge is 2.13. The Labute approximate surface area is 108 Å². The quantitative estimate of drug-likeness (QED) is 0.809. The lowest BCUT2D eigenvalue weighted by Gasteiger charge is -2.32. The van der Waals surface area contributed by atoms with Gasteiger partial charge in [-0.15, -0.1) is 0 Å². The molecule has 6 nitrogen and oxygen atoms in total. The fraction of sp³-hybridized carbons (Fsp3) is 0.667. The van der Waals surface area contributed by atoms with Crippen molar-refractivity contribution in [2.24, 2.45) is 0 Å². The molecule has 0 aliphatic carbocycles. The van der Waals surface area contributed by atoms with E-state index in [-0.39, 0.29) is 0 Å². The number of hydrazine groups is 1. The number of aromatic nitrogens is 2. The third kappa shape index (κ3) is 3.82. The summed E-state index contributed by atoms with van der Waals surface area (Å²) in [6.07, 6.45) is 2.85. The van der Waals surface area contributed by atoms with Gasteiger partial charge in [0.25, 0.3) is 0 Å². The normalized spacial score (nSPS) is 17.7. The van der Waals surface area contributed by atoms with Crippen molar-refractivity contribution in [1.82, 2.24) is 19.9 Å². The van der Waals surface area contributed by atoms with Crippen molar-refractivity contribution in [3.05, 3.63) is 12.3 Å². The molecule has 0 saturated carbocycles. The van der Waals surface area contributed by atoms with Crippen molar-refractivity contribution in [2.75, 3.05) is 50.5 Å². The zero-order valence-electron chi connectivity index (χ0n) is 11.2. The molecule has 18 heavy (non-hydrogen) atoms. The molecule has 0 radical (unpaired) electrons. The van der Waals surface area contributed by atoms with Crippen molar-refractivity contribution in [1.29, 1.82) is 0 Å². The average molecular weight is 250 g/mol. The van der Waals surface area contributed by atoms with Gasteiger partial charge in [0.2, 0.25) is 5.95 Å². The predicted octanol–water partition coefficient (Wildman–Crippen LogP) is 0.873. The molecule has 1 aromatic rings. The summed E-state index contributed by atoms with van der Waals surface area (Å²) in [5.74, 6) is 1.55. The number of rotatable bonds is 5. The molecule has 6 heteroatoms. The summed E-state index contributed by atoms with van der Waals surface area (Å²) in [4.78, 5) is 11.0. The molecule has 1 aliphatic heterocycles. The summed E-state index contributed by atoms with van der Waals surface area (Å²) in [7, 11) is 2.15. The largest absolute Gasteiger partial charge is 0.354 e. The van der Waals surface area contributed by atoms with Crippen LogP contribution in [0.3, 0.4) is 0 Å². The lowest BCUT2D eigenvalue weighted by molar-refractivity contribution is 0.178. The number of piperazine rings is 1. The minimum absolute atomic E-state index is 0.691. The Hall–Kier alpha value is -1.40. The molecule has 2 N–H and O–H groups in total. The number of nitrogens with zero attached hydrogens (tertiary/aromatic N) is 4. The van der Waals surface area contributed by atoms with E-state index in [9.17, 15) is 0 Å². The number of hydrogen-bond acceptors (Lipinski definition) is 6. The predicted molar refractivity (Wildman–Crippen MR) is 73.5 cm³/mol. The minimum Gasteiger partial charge on any atom is -0.354 e. The van der Waals surface area contributed by atoms with E-state index >= 15 is 0 Å². The van der Waals surface area contributed by atoms with Gasteiger partial charge in [-0.1, -0.05) is 6.92 Å². The first-order chi connectivity index (χ1) is 8.78. The molecule has 0 unspecified atom stereocenters. The SMILES string of the molecule is CCCNc1nccc(NN2CCN(C)CC2)n1. The molecular weight excluding hydrogens is 228 g/mol. The molecular formula is C12H22N6. The monoisotopic (exact) mass is 250 g/mol. The fourth-order valence-electron chi connectivity index (χ4n) is 1.82. The van der Waals surface area contributed by atoms with Gasteiger partial charge in [0, 0.05) is 45.0 Å². The second kappa shape index (κ2) is 6.51. The van der Waals surface area contributed by atoms with Gasteiger partial charge in [0.1, 0.15) is 5.82 Å². The van der Waals surface area contributed by atoms with Crippen molar-refractivity contribution in [3.8, 4) is 0 Å². The van der Waals surface area contributed by atoms with Crippen LogP contribution in [0.25, 0.3) is 0 Å². The van der Waals surface area contributed by atoms with Crippen molar-refractivity contribution < 1.29 is 0 Å². The topological polar surface area (TPSA) is 56.3 Å². The van der Waals surface area contributed by atoms with E-state index in [1.807, 2.05) is 6.07 Å². The molecule has 0 bridgehead atoms. The minimum atomic E-state index is 0.691. The summed E-state index contributed by atoms with van der Waals surface area (Å²) < 4.78 is 0. The van der Waals surface area contributed by atoms with Gasteiger partial charge in [-0.3, -0.25) is 0 Å². The van der Waals surface area contributed by atoms with E-state index in [0.29, 0.717) is 5.95 Å². The second-order valence-electron chi connectivity index (χ2n) is 4.59. The molecule has 100 valence electrons. The van der Waals surface area contributed by atoms with Crippen LogP contribution in [-0.4, -0.2) is 59.6 Å². The lowest BCUT2D eigenvalue weighted by atomic mass is 10.4. The summed E-state index contributed by atoms with van der Waals surface area (Å²) in [6, 6.07) is 1.90. The van der Waals surface area contributed by atoms with E-state index < -0.39 is 0 Å². The van der Waals surface area contributed by atoms with Crippen molar-refractivity contribution in [3.63, 3.8) is 0 Å². The van der Waals surface area contributed by atoms with Gasteiger partial charge < -0.3 is 15.6 Å². The van der Waals surface area contributed by atoms with E-state index in [1.165, 1.54) is 0 Å². The Bertz CT molecular complexity index is 361. The Morgan fingerprint density at radius 1 is 1.28 bits per heavy atom. The molecule has 0 amide bonds. The zero-order valence-corrected chi connectivity index (χ0v) is 11.2. The highest BCUT2D eigenvalue weighted by molar-refractivity contribution is 5.38. The van der Waals surface area contributed by atoms with Gasteiger partial charge >= 0.3 is 0 Å². The molecule has 0 aromatic carbocycles. The third-order valence-corrected chi connectivity index (χ3v) is 2.96. The number of nitrogens with one attached hydrogen (secondary N) is 2. The summed E-state index contributed by atoms with van der Waals surface area (Å²) >= 11 is 0. The molecule has 0 spiro atoms. The van der Waals surface area contributed by atoms with Crippen molar-refractivity contribution in [2.45, 2.75) is 13.3 Å². The smallest absolute Gasteiger partial charge is 0.224 e.